The zero-order valence-corrected chi connectivity index (χ0v) is 22.7. The summed E-state index contributed by atoms with van der Waals surface area (Å²) < 4.78 is 26.3. The van der Waals surface area contributed by atoms with E-state index in [1.54, 1.807) is 36.9 Å². The first-order valence-corrected chi connectivity index (χ1v) is 14.0. The van der Waals surface area contributed by atoms with Gasteiger partial charge in [0.05, 0.1) is 11.9 Å². The third-order valence-electron chi connectivity index (χ3n) is 6.02. The van der Waals surface area contributed by atoms with Crippen LogP contribution in [-0.4, -0.2) is 50.0 Å². The van der Waals surface area contributed by atoms with E-state index in [0.29, 0.717) is 22.7 Å². The van der Waals surface area contributed by atoms with Crippen molar-refractivity contribution in [3.63, 3.8) is 0 Å². The van der Waals surface area contributed by atoms with Crippen LogP contribution in [0, 0.1) is 6.92 Å². The second-order valence-corrected chi connectivity index (χ2v) is 11.1. The molecule has 0 aliphatic rings. The van der Waals surface area contributed by atoms with Gasteiger partial charge in [-0.25, -0.2) is 8.42 Å². The third-order valence-corrected chi connectivity index (χ3v) is 7.61. The fourth-order valence-corrected chi connectivity index (χ4v) is 4.86. The maximum Gasteiger partial charge on any atom is 0.242 e. The summed E-state index contributed by atoms with van der Waals surface area (Å²) in [6.07, 6.45) is 2.32. The highest BCUT2D eigenvalue weighted by Crippen LogP contribution is 2.28. The summed E-state index contributed by atoms with van der Waals surface area (Å²) in [5.74, 6) is -0.423. The van der Waals surface area contributed by atoms with Crippen LogP contribution in [0.1, 0.15) is 51.2 Å². The largest absolute Gasteiger partial charge is 0.352 e. The number of anilines is 1. The van der Waals surface area contributed by atoms with Crippen molar-refractivity contribution < 1.29 is 18.0 Å². The molecule has 7 nitrogen and oxygen atoms in total. The molecule has 0 aromatic heterocycles. The Morgan fingerprint density at radius 1 is 1.06 bits per heavy atom. The highest BCUT2D eigenvalue weighted by atomic mass is 35.5. The van der Waals surface area contributed by atoms with Crippen molar-refractivity contribution in [3.8, 4) is 0 Å². The van der Waals surface area contributed by atoms with Crippen molar-refractivity contribution in [2.75, 3.05) is 17.1 Å². The van der Waals surface area contributed by atoms with Gasteiger partial charge in [-0.2, -0.15) is 0 Å². The van der Waals surface area contributed by atoms with Crippen LogP contribution < -0.4 is 9.62 Å². The molecule has 2 amide bonds. The summed E-state index contributed by atoms with van der Waals surface area (Å²) in [5, 5.41) is 3.42. The Balaban J connectivity index is 2.18. The third kappa shape index (κ3) is 8.25. The highest BCUT2D eigenvalue weighted by Gasteiger charge is 2.27. The summed E-state index contributed by atoms with van der Waals surface area (Å²) >= 11 is 6.20. The van der Waals surface area contributed by atoms with Gasteiger partial charge in [0.1, 0.15) is 6.04 Å². The van der Waals surface area contributed by atoms with Gasteiger partial charge in [-0.3, -0.25) is 13.9 Å². The molecule has 0 heterocycles. The SMILES string of the molecule is CC[C@@H](C)NC(=O)[C@H](C)N(Cc1ccccc1)C(=O)CCCN(c1cccc(Cl)c1C)S(C)(=O)=O. The van der Waals surface area contributed by atoms with Crippen molar-refractivity contribution in [1.82, 2.24) is 10.2 Å². The Bertz CT molecular complexity index is 1110. The number of amides is 2. The zero-order valence-electron chi connectivity index (χ0n) is 21.1. The molecule has 2 aromatic rings. The van der Waals surface area contributed by atoms with E-state index in [1.165, 1.54) is 4.31 Å². The van der Waals surface area contributed by atoms with Crippen LogP contribution in [0.4, 0.5) is 5.69 Å². The monoisotopic (exact) mass is 521 g/mol. The second kappa shape index (κ2) is 12.9. The smallest absolute Gasteiger partial charge is 0.242 e. The maximum atomic E-state index is 13.3. The number of hydrogen-bond acceptors (Lipinski definition) is 4. The lowest BCUT2D eigenvalue weighted by Gasteiger charge is -2.30. The van der Waals surface area contributed by atoms with Gasteiger partial charge in [-0.15, -0.1) is 0 Å². The van der Waals surface area contributed by atoms with E-state index in [-0.39, 0.29) is 37.4 Å². The quantitative estimate of drug-likeness (QED) is 0.444. The van der Waals surface area contributed by atoms with Crippen LogP contribution in [0.15, 0.2) is 48.5 Å². The van der Waals surface area contributed by atoms with Gasteiger partial charge in [-0.05, 0) is 56.9 Å². The molecule has 35 heavy (non-hydrogen) atoms. The predicted octanol–water partition coefficient (Wildman–Crippen LogP) is 4.53. The molecule has 2 rings (SSSR count). The van der Waals surface area contributed by atoms with Crippen LogP contribution in [0.5, 0.6) is 0 Å². The minimum Gasteiger partial charge on any atom is -0.352 e. The number of rotatable bonds is 12. The first kappa shape index (κ1) is 28.7. The Labute approximate surface area is 214 Å². The molecule has 0 saturated carbocycles. The Morgan fingerprint density at radius 2 is 1.71 bits per heavy atom. The Hall–Kier alpha value is -2.58. The summed E-state index contributed by atoms with van der Waals surface area (Å²) in [6, 6.07) is 13.9. The van der Waals surface area contributed by atoms with Gasteiger partial charge >= 0.3 is 0 Å². The van der Waals surface area contributed by atoms with E-state index in [4.69, 9.17) is 11.6 Å². The maximum absolute atomic E-state index is 13.3. The van der Waals surface area contributed by atoms with Crippen molar-refractivity contribution in [1.29, 1.82) is 0 Å². The first-order chi connectivity index (χ1) is 16.5. The van der Waals surface area contributed by atoms with Gasteiger partial charge in [0.2, 0.25) is 21.8 Å². The van der Waals surface area contributed by atoms with Crippen LogP contribution in [0.3, 0.4) is 0 Å². The Morgan fingerprint density at radius 3 is 2.31 bits per heavy atom. The molecule has 0 aliphatic heterocycles. The Kier molecular flexibility index (Phi) is 10.6. The van der Waals surface area contributed by atoms with Crippen molar-refractivity contribution in [2.24, 2.45) is 0 Å². The standard InChI is InChI=1S/C26H36ClN3O4S/c1-6-19(2)28-26(32)21(4)29(18-22-12-8-7-9-13-22)25(31)16-11-17-30(35(5,33)34)24-15-10-14-23(27)20(24)3/h7-10,12-15,19,21H,6,11,16-18H2,1-5H3,(H,28,32)/t19-,21+/m1/s1. The van der Waals surface area contributed by atoms with Crippen LogP contribution in [0.2, 0.25) is 5.02 Å². The molecule has 0 radical (unpaired) electrons. The molecule has 0 saturated heterocycles. The van der Waals surface area contributed by atoms with Crippen molar-refractivity contribution in [3.05, 3.63) is 64.7 Å². The second-order valence-electron chi connectivity index (χ2n) is 8.82. The number of carbonyl (C=O) groups is 2. The number of nitrogens with one attached hydrogen (secondary N) is 1. The van der Waals surface area contributed by atoms with Gasteiger partial charge in [-0.1, -0.05) is 54.9 Å². The summed E-state index contributed by atoms with van der Waals surface area (Å²) in [7, 11) is -3.58. The number of benzene rings is 2. The average Bonchev–Trinajstić information content (AvgIpc) is 2.81. The average molecular weight is 522 g/mol. The first-order valence-electron chi connectivity index (χ1n) is 11.8. The molecule has 2 atom stereocenters. The summed E-state index contributed by atoms with van der Waals surface area (Å²) in [4.78, 5) is 27.7. The lowest BCUT2D eigenvalue weighted by molar-refractivity contribution is -0.140. The van der Waals surface area contributed by atoms with E-state index in [9.17, 15) is 18.0 Å². The van der Waals surface area contributed by atoms with E-state index in [2.05, 4.69) is 5.32 Å². The zero-order chi connectivity index (χ0) is 26.2. The molecule has 0 unspecified atom stereocenters. The predicted molar refractivity (Wildman–Crippen MR) is 142 cm³/mol. The van der Waals surface area contributed by atoms with E-state index >= 15 is 0 Å². The highest BCUT2D eigenvalue weighted by molar-refractivity contribution is 7.92. The van der Waals surface area contributed by atoms with Gasteiger partial charge in [0.25, 0.3) is 0 Å². The minimum absolute atomic E-state index is 0.00267. The molecule has 192 valence electrons. The van der Waals surface area contributed by atoms with Crippen molar-refractivity contribution >= 4 is 39.1 Å². The molecule has 1 N–H and O–H groups in total. The normalized spacial score (nSPS) is 13.1. The van der Waals surface area contributed by atoms with Crippen LogP contribution in [0.25, 0.3) is 0 Å². The summed E-state index contributed by atoms with van der Waals surface area (Å²) in [5.41, 5.74) is 2.07. The fraction of sp³-hybridized carbons (Fsp3) is 0.462. The summed E-state index contributed by atoms with van der Waals surface area (Å²) in [6.45, 7) is 7.80. The lowest BCUT2D eigenvalue weighted by Crippen LogP contribution is -2.49. The van der Waals surface area contributed by atoms with E-state index in [1.807, 2.05) is 44.2 Å². The number of halogens is 1. The van der Waals surface area contributed by atoms with Crippen molar-refractivity contribution in [2.45, 2.75) is 65.6 Å². The van der Waals surface area contributed by atoms with Gasteiger partial charge in [0.15, 0.2) is 0 Å². The van der Waals surface area contributed by atoms with Crippen LogP contribution in [-0.2, 0) is 26.2 Å². The van der Waals surface area contributed by atoms with E-state index in [0.717, 1.165) is 18.2 Å². The van der Waals surface area contributed by atoms with Gasteiger partial charge in [0, 0.05) is 30.6 Å². The fourth-order valence-electron chi connectivity index (χ4n) is 3.68. The molecule has 0 spiro atoms. The van der Waals surface area contributed by atoms with Crippen LogP contribution >= 0.6 is 11.6 Å². The molecule has 2 aromatic carbocycles. The van der Waals surface area contributed by atoms with E-state index < -0.39 is 16.1 Å². The lowest BCUT2D eigenvalue weighted by atomic mass is 10.1. The van der Waals surface area contributed by atoms with Gasteiger partial charge < -0.3 is 10.2 Å². The minimum atomic E-state index is -3.58. The number of hydrogen-bond donors (Lipinski definition) is 1. The topological polar surface area (TPSA) is 86.8 Å². The number of nitrogens with zero attached hydrogens (tertiary/aromatic N) is 2. The molecule has 0 fully saturated rings. The molecule has 0 bridgehead atoms. The molecule has 9 heteroatoms. The molecule has 0 aliphatic carbocycles. The number of sulfonamides is 1. The molecular formula is C26H36ClN3O4S. The number of carbonyl (C=O) groups excluding carboxylic acids is 2. The molecular weight excluding hydrogens is 486 g/mol.